The second-order valence-electron chi connectivity index (χ2n) is 3.53. The van der Waals surface area contributed by atoms with Crippen molar-refractivity contribution in [2.75, 3.05) is 6.61 Å². The van der Waals surface area contributed by atoms with Gasteiger partial charge in [0.1, 0.15) is 5.92 Å². The number of hydrogen-bond donors (Lipinski definition) is 2. The van der Waals surface area contributed by atoms with Crippen molar-refractivity contribution in [2.24, 2.45) is 10.9 Å². The second kappa shape index (κ2) is 6.34. The van der Waals surface area contributed by atoms with Crippen molar-refractivity contribution in [3.8, 4) is 0 Å². The molecule has 0 aliphatic heterocycles. The number of ether oxygens (including phenoxy) is 1. The van der Waals surface area contributed by atoms with Gasteiger partial charge in [-0.05, 0) is 6.92 Å². The van der Waals surface area contributed by atoms with Crippen molar-refractivity contribution < 1.29 is 19.7 Å². The second-order valence-corrected chi connectivity index (χ2v) is 3.53. The molecule has 0 spiro atoms. The summed E-state index contributed by atoms with van der Waals surface area (Å²) in [6.07, 6.45) is 0. The Morgan fingerprint density at radius 1 is 1.58 bits per heavy atom. The maximum Gasteiger partial charge on any atom is 0.321 e. The van der Waals surface area contributed by atoms with E-state index in [2.05, 4.69) is 5.16 Å². The van der Waals surface area contributed by atoms with E-state index in [1.165, 1.54) is 24.3 Å². The molecule has 3 N–H and O–H groups in total. The standard InChI is InChI=1S/C11H13N3O5/c1-2-19-11(15)9(10(12)13-16)7-5-3-4-6-8(7)14(17)18/h3-6,9,16H,2H2,1H3,(H2,12,13). The molecule has 102 valence electrons. The number of carbonyl (C=O) groups is 1. The van der Waals surface area contributed by atoms with E-state index in [-0.39, 0.29) is 17.9 Å². The fourth-order valence-electron chi connectivity index (χ4n) is 1.59. The smallest absolute Gasteiger partial charge is 0.321 e. The van der Waals surface area contributed by atoms with E-state index in [4.69, 9.17) is 15.7 Å². The minimum atomic E-state index is -1.31. The highest BCUT2D eigenvalue weighted by Gasteiger charge is 2.32. The van der Waals surface area contributed by atoms with Crippen molar-refractivity contribution in [3.05, 3.63) is 39.9 Å². The first-order valence-corrected chi connectivity index (χ1v) is 5.40. The Morgan fingerprint density at radius 2 is 2.21 bits per heavy atom. The van der Waals surface area contributed by atoms with Crippen LogP contribution in [0.5, 0.6) is 0 Å². The average molecular weight is 267 g/mol. The van der Waals surface area contributed by atoms with Gasteiger partial charge in [0.05, 0.1) is 17.1 Å². The van der Waals surface area contributed by atoms with E-state index in [1.807, 2.05) is 0 Å². The molecule has 1 unspecified atom stereocenters. The lowest BCUT2D eigenvalue weighted by molar-refractivity contribution is -0.385. The highest BCUT2D eigenvalue weighted by atomic mass is 16.6. The van der Waals surface area contributed by atoms with E-state index in [0.717, 1.165) is 0 Å². The topological polar surface area (TPSA) is 128 Å². The van der Waals surface area contributed by atoms with Gasteiger partial charge in [-0.25, -0.2) is 0 Å². The number of nitrogens with zero attached hydrogens (tertiary/aromatic N) is 2. The molecular formula is C11H13N3O5. The molecule has 0 saturated carbocycles. The Bertz CT molecular complexity index is 515. The number of hydrogen-bond acceptors (Lipinski definition) is 6. The Kier molecular flexibility index (Phi) is 4.81. The Hall–Kier alpha value is -2.64. The van der Waals surface area contributed by atoms with Crippen LogP contribution in [0.3, 0.4) is 0 Å². The van der Waals surface area contributed by atoms with Gasteiger partial charge in [-0.1, -0.05) is 23.4 Å². The van der Waals surface area contributed by atoms with Crippen LogP contribution in [-0.4, -0.2) is 28.5 Å². The summed E-state index contributed by atoms with van der Waals surface area (Å²) in [6.45, 7) is 1.66. The van der Waals surface area contributed by atoms with Crippen LogP contribution in [0.1, 0.15) is 18.4 Å². The normalized spacial score (nSPS) is 12.8. The molecule has 8 heteroatoms. The number of carbonyl (C=O) groups excluding carboxylic acids is 1. The van der Waals surface area contributed by atoms with Gasteiger partial charge in [0, 0.05) is 6.07 Å². The molecule has 8 nitrogen and oxygen atoms in total. The first-order chi connectivity index (χ1) is 9.02. The highest BCUT2D eigenvalue weighted by molar-refractivity contribution is 6.06. The summed E-state index contributed by atoms with van der Waals surface area (Å²) in [7, 11) is 0. The maximum absolute atomic E-state index is 11.8. The zero-order valence-electron chi connectivity index (χ0n) is 10.1. The van der Waals surface area contributed by atoms with Gasteiger partial charge in [0.2, 0.25) is 0 Å². The number of benzene rings is 1. The third-order valence-electron chi connectivity index (χ3n) is 2.38. The third-order valence-corrected chi connectivity index (χ3v) is 2.38. The summed E-state index contributed by atoms with van der Waals surface area (Å²) in [5.74, 6) is -2.59. The maximum atomic E-state index is 11.8. The van der Waals surface area contributed by atoms with Gasteiger partial charge < -0.3 is 15.7 Å². The number of rotatable bonds is 5. The van der Waals surface area contributed by atoms with Gasteiger partial charge in [-0.3, -0.25) is 14.9 Å². The summed E-state index contributed by atoms with van der Waals surface area (Å²) in [6, 6.07) is 5.55. The van der Waals surface area contributed by atoms with Crippen LogP contribution in [0.25, 0.3) is 0 Å². The molecule has 1 aromatic carbocycles. The van der Waals surface area contributed by atoms with Crippen molar-refractivity contribution in [1.82, 2.24) is 0 Å². The fraction of sp³-hybridized carbons (Fsp3) is 0.273. The quantitative estimate of drug-likeness (QED) is 0.204. The molecule has 1 rings (SSSR count). The zero-order valence-corrected chi connectivity index (χ0v) is 10.1. The number of esters is 1. The van der Waals surface area contributed by atoms with Crippen LogP contribution in [0.2, 0.25) is 0 Å². The summed E-state index contributed by atoms with van der Waals surface area (Å²) >= 11 is 0. The van der Waals surface area contributed by atoms with E-state index in [1.54, 1.807) is 6.92 Å². The molecular weight excluding hydrogens is 254 g/mol. The van der Waals surface area contributed by atoms with Gasteiger partial charge in [-0.15, -0.1) is 0 Å². The van der Waals surface area contributed by atoms with Crippen LogP contribution >= 0.6 is 0 Å². The van der Waals surface area contributed by atoms with Gasteiger partial charge >= 0.3 is 5.97 Å². The van der Waals surface area contributed by atoms with Crippen molar-refractivity contribution in [1.29, 1.82) is 0 Å². The molecule has 0 radical (unpaired) electrons. The molecule has 0 aliphatic rings. The van der Waals surface area contributed by atoms with Crippen LogP contribution in [0.15, 0.2) is 29.4 Å². The van der Waals surface area contributed by atoms with Crippen LogP contribution in [0.4, 0.5) is 5.69 Å². The lowest BCUT2D eigenvalue weighted by Gasteiger charge is -2.14. The molecule has 0 saturated heterocycles. The molecule has 0 bridgehead atoms. The van der Waals surface area contributed by atoms with Crippen LogP contribution in [0, 0.1) is 10.1 Å². The third kappa shape index (κ3) is 3.18. The number of amidine groups is 1. The Labute approximate surface area is 108 Å². The number of nitro benzene ring substituents is 1. The lowest BCUT2D eigenvalue weighted by atomic mass is 9.96. The molecule has 1 aromatic rings. The van der Waals surface area contributed by atoms with E-state index >= 15 is 0 Å². The van der Waals surface area contributed by atoms with E-state index < -0.39 is 22.6 Å². The Balaban J connectivity index is 3.33. The summed E-state index contributed by atoms with van der Waals surface area (Å²) < 4.78 is 4.78. The van der Waals surface area contributed by atoms with Gasteiger partial charge in [0.25, 0.3) is 5.69 Å². The molecule has 19 heavy (non-hydrogen) atoms. The lowest BCUT2D eigenvalue weighted by Crippen LogP contribution is -2.30. The number of para-hydroxylation sites is 1. The predicted molar refractivity (Wildman–Crippen MR) is 65.9 cm³/mol. The minimum absolute atomic E-state index is 0.0150. The molecule has 0 fully saturated rings. The van der Waals surface area contributed by atoms with E-state index in [0.29, 0.717) is 0 Å². The molecule has 1 atom stereocenters. The SMILES string of the molecule is CCOC(=O)C(/C(N)=N\O)c1ccccc1[N+](=O)[O-]. The largest absolute Gasteiger partial charge is 0.465 e. The Morgan fingerprint density at radius 3 is 2.74 bits per heavy atom. The molecule has 0 aliphatic carbocycles. The zero-order chi connectivity index (χ0) is 14.4. The summed E-state index contributed by atoms with van der Waals surface area (Å²) in [4.78, 5) is 22.1. The van der Waals surface area contributed by atoms with Crippen LogP contribution in [-0.2, 0) is 9.53 Å². The monoisotopic (exact) mass is 267 g/mol. The van der Waals surface area contributed by atoms with Crippen molar-refractivity contribution >= 4 is 17.5 Å². The fourth-order valence-corrected chi connectivity index (χ4v) is 1.59. The number of nitrogens with two attached hydrogens (primary N) is 1. The van der Waals surface area contributed by atoms with Crippen LogP contribution < -0.4 is 5.73 Å². The van der Waals surface area contributed by atoms with Crippen molar-refractivity contribution in [3.63, 3.8) is 0 Å². The van der Waals surface area contributed by atoms with Crippen molar-refractivity contribution in [2.45, 2.75) is 12.8 Å². The van der Waals surface area contributed by atoms with E-state index in [9.17, 15) is 14.9 Å². The summed E-state index contributed by atoms with van der Waals surface area (Å²) in [5.41, 5.74) is 5.14. The molecule has 0 aromatic heterocycles. The summed E-state index contributed by atoms with van der Waals surface area (Å²) in [5, 5.41) is 22.4. The predicted octanol–water partition coefficient (Wildman–Crippen LogP) is 0.988. The average Bonchev–Trinajstić information content (AvgIpc) is 2.39. The highest BCUT2D eigenvalue weighted by Crippen LogP contribution is 2.27. The number of nitro groups is 1. The first kappa shape index (κ1) is 14.4. The minimum Gasteiger partial charge on any atom is -0.465 e. The van der Waals surface area contributed by atoms with Gasteiger partial charge in [0.15, 0.2) is 5.84 Å². The molecule has 0 amide bonds. The molecule has 0 heterocycles. The number of oxime groups is 1. The first-order valence-electron chi connectivity index (χ1n) is 5.40. The van der Waals surface area contributed by atoms with Gasteiger partial charge in [-0.2, -0.15) is 0 Å².